The van der Waals surface area contributed by atoms with Crippen LogP contribution in [0.5, 0.6) is 0 Å². The van der Waals surface area contributed by atoms with Crippen LogP contribution in [0.3, 0.4) is 0 Å². The minimum absolute atomic E-state index is 0.0221. The first-order valence-corrected chi connectivity index (χ1v) is 4.64. The Morgan fingerprint density at radius 1 is 1.50 bits per heavy atom. The lowest BCUT2D eigenvalue weighted by Crippen LogP contribution is -2.48. The van der Waals surface area contributed by atoms with E-state index in [1.165, 1.54) is 0 Å². The van der Waals surface area contributed by atoms with E-state index in [4.69, 9.17) is 9.84 Å². The molecule has 76 valence electrons. The molecule has 2 rings (SSSR count). The fourth-order valence-corrected chi connectivity index (χ4v) is 1.51. The molecular weight excluding hydrogens is 182 g/mol. The standard InChI is InChI=1S/C9H13N3O2/c13-6-8-7-14-5-4-12(8)9-10-2-1-3-11-9/h1-3,8,13H,4-7H2. The molecule has 1 unspecified atom stereocenters. The Morgan fingerprint density at radius 2 is 2.29 bits per heavy atom. The van der Waals surface area contributed by atoms with Crippen LogP contribution in [-0.4, -0.2) is 47.5 Å². The van der Waals surface area contributed by atoms with Crippen molar-refractivity contribution in [2.45, 2.75) is 6.04 Å². The highest BCUT2D eigenvalue weighted by Gasteiger charge is 2.23. The maximum Gasteiger partial charge on any atom is 0.225 e. The van der Waals surface area contributed by atoms with Crippen molar-refractivity contribution in [1.82, 2.24) is 9.97 Å². The summed E-state index contributed by atoms with van der Waals surface area (Å²) in [5, 5.41) is 9.15. The Balaban J connectivity index is 2.15. The number of aliphatic hydroxyl groups is 1. The molecule has 5 nitrogen and oxygen atoms in total. The van der Waals surface area contributed by atoms with Crippen LogP contribution < -0.4 is 4.90 Å². The molecule has 1 aromatic rings. The van der Waals surface area contributed by atoms with Gasteiger partial charge in [-0.3, -0.25) is 0 Å². The molecular formula is C9H13N3O2. The van der Waals surface area contributed by atoms with E-state index >= 15 is 0 Å². The molecule has 0 bridgehead atoms. The van der Waals surface area contributed by atoms with Crippen molar-refractivity contribution in [2.75, 3.05) is 31.3 Å². The Bertz CT molecular complexity index is 281. The molecule has 1 aliphatic heterocycles. The number of anilines is 1. The number of nitrogens with zero attached hydrogens (tertiary/aromatic N) is 3. The molecule has 0 radical (unpaired) electrons. The normalized spacial score (nSPS) is 22.4. The summed E-state index contributed by atoms with van der Waals surface area (Å²) in [5.41, 5.74) is 0. The number of aliphatic hydroxyl groups excluding tert-OH is 1. The highest BCUT2D eigenvalue weighted by molar-refractivity contribution is 5.31. The predicted octanol–water partition coefficient (Wildman–Crippen LogP) is -0.326. The summed E-state index contributed by atoms with van der Waals surface area (Å²) in [6.07, 6.45) is 3.40. The number of hydrogen-bond donors (Lipinski definition) is 1. The second kappa shape index (κ2) is 4.34. The summed E-state index contributed by atoms with van der Waals surface area (Å²) >= 11 is 0. The van der Waals surface area contributed by atoms with Crippen molar-refractivity contribution in [1.29, 1.82) is 0 Å². The van der Waals surface area contributed by atoms with Gasteiger partial charge in [-0.05, 0) is 6.07 Å². The van der Waals surface area contributed by atoms with E-state index in [9.17, 15) is 0 Å². The quantitative estimate of drug-likeness (QED) is 0.700. The van der Waals surface area contributed by atoms with Gasteiger partial charge in [0.25, 0.3) is 0 Å². The van der Waals surface area contributed by atoms with Crippen molar-refractivity contribution in [2.24, 2.45) is 0 Å². The first-order valence-electron chi connectivity index (χ1n) is 4.64. The van der Waals surface area contributed by atoms with Crippen molar-refractivity contribution in [3.63, 3.8) is 0 Å². The van der Waals surface area contributed by atoms with Gasteiger partial charge in [0.05, 0.1) is 25.9 Å². The zero-order valence-corrected chi connectivity index (χ0v) is 7.83. The van der Waals surface area contributed by atoms with E-state index in [-0.39, 0.29) is 12.6 Å². The molecule has 1 atom stereocenters. The van der Waals surface area contributed by atoms with Gasteiger partial charge in [0.15, 0.2) is 0 Å². The van der Waals surface area contributed by atoms with E-state index in [1.54, 1.807) is 18.5 Å². The van der Waals surface area contributed by atoms with Crippen LogP contribution in [0.15, 0.2) is 18.5 Å². The van der Waals surface area contributed by atoms with Crippen LogP contribution in [-0.2, 0) is 4.74 Å². The highest BCUT2D eigenvalue weighted by Crippen LogP contribution is 2.13. The highest BCUT2D eigenvalue weighted by atomic mass is 16.5. The molecule has 1 aliphatic rings. The molecule has 1 saturated heterocycles. The largest absolute Gasteiger partial charge is 0.394 e. The maximum atomic E-state index is 9.15. The molecule has 0 spiro atoms. The van der Waals surface area contributed by atoms with Crippen molar-refractivity contribution < 1.29 is 9.84 Å². The van der Waals surface area contributed by atoms with Crippen LogP contribution in [0.2, 0.25) is 0 Å². The van der Waals surface area contributed by atoms with Crippen LogP contribution in [0.1, 0.15) is 0 Å². The number of rotatable bonds is 2. The number of aromatic nitrogens is 2. The minimum atomic E-state index is -0.0221. The summed E-state index contributed by atoms with van der Waals surface area (Å²) < 4.78 is 5.27. The maximum absolute atomic E-state index is 9.15. The molecule has 0 saturated carbocycles. The second-order valence-electron chi connectivity index (χ2n) is 3.15. The zero-order valence-electron chi connectivity index (χ0n) is 7.83. The molecule has 0 amide bonds. The average molecular weight is 195 g/mol. The van der Waals surface area contributed by atoms with Gasteiger partial charge in [-0.15, -0.1) is 0 Å². The van der Waals surface area contributed by atoms with Crippen molar-refractivity contribution in [3.05, 3.63) is 18.5 Å². The zero-order chi connectivity index (χ0) is 9.80. The lowest BCUT2D eigenvalue weighted by atomic mass is 10.2. The van der Waals surface area contributed by atoms with Gasteiger partial charge in [-0.1, -0.05) is 0 Å². The van der Waals surface area contributed by atoms with Crippen LogP contribution >= 0.6 is 0 Å². The van der Waals surface area contributed by atoms with E-state index in [2.05, 4.69) is 9.97 Å². The molecule has 1 fully saturated rings. The van der Waals surface area contributed by atoms with E-state index in [0.717, 1.165) is 6.54 Å². The Labute approximate surface area is 82.4 Å². The molecule has 5 heteroatoms. The van der Waals surface area contributed by atoms with Crippen LogP contribution in [0.25, 0.3) is 0 Å². The second-order valence-corrected chi connectivity index (χ2v) is 3.15. The third kappa shape index (κ3) is 1.83. The van der Waals surface area contributed by atoms with E-state index < -0.39 is 0 Å². The lowest BCUT2D eigenvalue weighted by molar-refractivity contribution is 0.0718. The molecule has 1 N–H and O–H groups in total. The summed E-state index contributed by atoms with van der Waals surface area (Å²) in [5.74, 6) is 0.662. The van der Waals surface area contributed by atoms with Gasteiger partial charge < -0.3 is 14.7 Å². The molecule has 14 heavy (non-hydrogen) atoms. The topological polar surface area (TPSA) is 58.5 Å². The van der Waals surface area contributed by atoms with E-state index in [1.807, 2.05) is 4.90 Å². The predicted molar refractivity (Wildman–Crippen MR) is 51.1 cm³/mol. The molecule has 0 aromatic carbocycles. The van der Waals surface area contributed by atoms with Gasteiger partial charge in [0.2, 0.25) is 5.95 Å². The van der Waals surface area contributed by atoms with Gasteiger partial charge >= 0.3 is 0 Å². The molecule has 1 aromatic heterocycles. The summed E-state index contributed by atoms with van der Waals surface area (Å²) in [7, 11) is 0. The third-order valence-corrected chi connectivity index (χ3v) is 2.25. The summed E-state index contributed by atoms with van der Waals surface area (Å²) in [4.78, 5) is 10.3. The van der Waals surface area contributed by atoms with Gasteiger partial charge in [-0.2, -0.15) is 0 Å². The Kier molecular flexibility index (Phi) is 2.90. The third-order valence-electron chi connectivity index (χ3n) is 2.25. The first-order chi connectivity index (χ1) is 6.92. The SMILES string of the molecule is OCC1COCCN1c1ncccn1. The van der Waals surface area contributed by atoms with Crippen LogP contribution in [0.4, 0.5) is 5.95 Å². The van der Waals surface area contributed by atoms with Gasteiger partial charge in [0.1, 0.15) is 0 Å². The molecule has 2 heterocycles. The fraction of sp³-hybridized carbons (Fsp3) is 0.556. The van der Waals surface area contributed by atoms with Gasteiger partial charge in [0, 0.05) is 18.9 Å². The summed E-state index contributed by atoms with van der Waals surface area (Å²) in [6, 6.07) is 1.75. The smallest absolute Gasteiger partial charge is 0.225 e. The average Bonchev–Trinajstić information content (AvgIpc) is 2.30. The van der Waals surface area contributed by atoms with Crippen molar-refractivity contribution in [3.8, 4) is 0 Å². The lowest BCUT2D eigenvalue weighted by Gasteiger charge is -2.34. The summed E-state index contributed by atoms with van der Waals surface area (Å²) in [6.45, 7) is 2.00. The number of hydrogen-bond acceptors (Lipinski definition) is 5. The number of morpholine rings is 1. The Hall–Kier alpha value is -1.20. The number of ether oxygens (including phenoxy) is 1. The van der Waals surface area contributed by atoms with E-state index in [0.29, 0.717) is 19.2 Å². The van der Waals surface area contributed by atoms with Crippen LogP contribution in [0, 0.1) is 0 Å². The first kappa shape index (κ1) is 9.36. The molecule has 0 aliphatic carbocycles. The Morgan fingerprint density at radius 3 is 3.00 bits per heavy atom. The monoisotopic (exact) mass is 195 g/mol. The van der Waals surface area contributed by atoms with Crippen molar-refractivity contribution >= 4 is 5.95 Å². The minimum Gasteiger partial charge on any atom is -0.394 e. The fourth-order valence-electron chi connectivity index (χ4n) is 1.51. The van der Waals surface area contributed by atoms with Gasteiger partial charge in [-0.25, -0.2) is 9.97 Å².